The van der Waals surface area contributed by atoms with Gasteiger partial charge in [0.1, 0.15) is 0 Å². The van der Waals surface area contributed by atoms with Gasteiger partial charge in [-0.2, -0.15) is 0 Å². The van der Waals surface area contributed by atoms with Gasteiger partial charge in [-0.15, -0.1) is 0 Å². The molecule has 1 heterocycles. The number of nitrogens with zero attached hydrogens (tertiary/aromatic N) is 2. The zero-order valence-electron chi connectivity index (χ0n) is 10.4. The number of likely N-dealkylation sites (tertiary alicyclic amines) is 1. The molecule has 0 aromatic rings. The van der Waals surface area contributed by atoms with Crippen molar-refractivity contribution >= 4 is 0 Å². The highest BCUT2D eigenvalue weighted by Crippen LogP contribution is 2.18. The molecule has 0 aliphatic carbocycles. The van der Waals surface area contributed by atoms with Crippen LogP contribution < -0.4 is 0 Å². The van der Waals surface area contributed by atoms with Gasteiger partial charge in [0, 0.05) is 19.1 Å². The fourth-order valence-electron chi connectivity index (χ4n) is 2.15. The predicted molar refractivity (Wildman–Crippen MR) is 64.0 cm³/mol. The zero-order chi connectivity index (χ0) is 11.3. The third-order valence-corrected chi connectivity index (χ3v) is 3.55. The Kier molecular flexibility index (Phi) is 5.58. The third-order valence-electron chi connectivity index (χ3n) is 3.55. The fraction of sp³-hybridized carbons (Fsp3) is 1.00. The summed E-state index contributed by atoms with van der Waals surface area (Å²) in [6.45, 7) is 9.21. The summed E-state index contributed by atoms with van der Waals surface area (Å²) in [5.41, 5.74) is 0. The second-order valence-electron chi connectivity index (χ2n) is 5.04. The molecule has 0 radical (unpaired) electrons. The SMILES string of the molecule is CC(C)N(C)CC1CCN(CCO)CC1. The molecule has 3 nitrogen and oxygen atoms in total. The van der Waals surface area contributed by atoms with Crippen molar-refractivity contribution in [2.45, 2.75) is 32.7 Å². The number of β-amino-alcohol motifs (C(OH)–C–C–N with tert-alkyl or cyclic N) is 1. The van der Waals surface area contributed by atoms with Crippen LogP contribution in [0, 0.1) is 5.92 Å². The van der Waals surface area contributed by atoms with E-state index in [4.69, 9.17) is 5.11 Å². The molecule has 0 bridgehead atoms. The minimum Gasteiger partial charge on any atom is -0.395 e. The monoisotopic (exact) mass is 214 g/mol. The summed E-state index contributed by atoms with van der Waals surface area (Å²) in [5, 5.41) is 8.85. The lowest BCUT2D eigenvalue weighted by atomic mass is 9.96. The Morgan fingerprint density at radius 3 is 2.40 bits per heavy atom. The van der Waals surface area contributed by atoms with E-state index in [-0.39, 0.29) is 0 Å². The molecule has 1 rings (SSSR count). The van der Waals surface area contributed by atoms with Crippen LogP contribution in [0.3, 0.4) is 0 Å². The lowest BCUT2D eigenvalue weighted by Crippen LogP contribution is -2.40. The molecule has 0 unspecified atom stereocenters. The Morgan fingerprint density at radius 1 is 1.33 bits per heavy atom. The molecule has 0 aromatic carbocycles. The Hall–Kier alpha value is -0.120. The van der Waals surface area contributed by atoms with E-state index in [1.54, 1.807) is 0 Å². The highest BCUT2D eigenvalue weighted by Gasteiger charge is 2.20. The third kappa shape index (κ3) is 4.49. The van der Waals surface area contributed by atoms with E-state index in [0.717, 1.165) is 25.6 Å². The summed E-state index contributed by atoms with van der Waals surface area (Å²) in [4.78, 5) is 4.80. The molecule has 1 aliphatic rings. The summed E-state index contributed by atoms with van der Waals surface area (Å²) in [6, 6.07) is 0.653. The Morgan fingerprint density at radius 2 is 1.93 bits per heavy atom. The summed E-state index contributed by atoms with van der Waals surface area (Å²) < 4.78 is 0. The number of aliphatic hydroxyl groups is 1. The molecule has 1 saturated heterocycles. The Labute approximate surface area is 94.1 Å². The number of piperidine rings is 1. The molecule has 0 amide bonds. The van der Waals surface area contributed by atoms with E-state index in [2.05, 4.69) is 30.7 Å². The molecule has 0 aromatic heterocycles. The molecule has 1 fully saturated rings. The highest BCUT2D eigenvalue weighted by molar-refractivity contribution is 4.75. The van der Waals surface area contributed by atoms with Gasteiger partial charge in [-0.05, 0) is 52.7 Å². The number of hydrogen-bond donors (Lipinski definition) is 1. The van der Waals surface area contributed by atoms with E-state index in [9.17, 15) is 0 Å². The van der Waals surface area contributed by atoms with Gasteiger partial charge in [-0.1, -0.05) is 0 Å². The maximum absolute atomic E-state index is 8.85. The summed E-state index contributed by atoms with van der Waals surface area (Å²) in [7, 11) is 2.21. The van der Waals surface area contributed by atoms with Crippen LogP contribution in [0.2, 0.25) is 0 Å². The van der Waals surface area contributed by atoms with E-state index in [1.165, 1.54) is 19.4 Å². The molecule has 0 spiro atoms. The number of hydrogen-bond acceptors (Lipinski definition) is 3. The van der Waals surface area contributed by atoms with E-state index < -0.39 is 0 Å². The van der Waals surface area contributed by atoms with Crippen LogP contribution in [-0.2, 0) is 0 Å². The Bertz CT molecular complexity index is 165. The quantitative estimate of drug-likeness (QED) is 0.740. The average molecular weight is 214 g/mol. The molecule has 0 saturated carbocycles. The standard InChI is InChI=1S/C12H26N2O/c1-11(2)13(3)10-12-4-6-14(7-5-12)8-9-15/h11-12,15H,4-10H2,1-3H3. The van der Waals surface area contributed by atoms with Crippen LogP contribution in [0.1, 0.15) is 26.7 Å². The molecule has 3 heteroatoms. The maximum Gasteiger partial charge on any atom is 0.0558 e. The lowest BCUT2D eigenvalue weighted by Gasteiger charge is -2.34. The van der Waals surface area contributed by atoms with Gasteiger partial charge in [0.2, 0.25) is 0 Å². The van der Waals surface area contributed by atoms with Crippen LogP contribution in [0.25, 0.3) is 0 Å². The van der Waals surface area contributed by atoms with Crippen LogP contribution in [0.15, 0.2) is 0 Å². The molecular weight excluding hydrogens is 188 g/mol. The van der Waals surface area contributed by atoms with Gasteiger partial charge in [-0.25, -0.2) is 0 Å². The first-order valence-electron chi connectivity index (χ1n) is 6.17. The lowest BCUT2D eigenvalue weighted by molar-refractivity contribution is 0.123. The van der Waals surface area contributed by atoms with Crippen molar-refractivity contribution in [3.63, 3.8) is 0 Å². The van der Waals surface area contributed by atoms with E-state index in [0.29, 0.717) is 12.6 Å². The van der Waals surface area contributed by atoms with Gasteiger partial charge in [0.05, 0.1) is 6.61 Å². The van der Waals surface area contributed by atoms with Crippen LogP contribution in [0.5, 0.6) is 0 Å². The minimum atomic E-state index is 0.302. The van der Waals surface area contributed by atoms with Gasteiger partial charge < -0.3 is 14.9 Å². The molecular formula is C12H26N2O. The second-order valence-corrected chi connectivity index (χ2v) is 5.04. The van der Waals surface area contributed by atoms with Crippen molar-refractivity contribution in [3.05, 3.63) is 0 Å². The van der Waals surface area contributed by atoms with Crippen molar-refractivity contribution in [2.75, 3.05) is 39.8 Å². The van der Waals surface area contributed by atoms with Gasteiger partial charge in [0.25, 0.3) is 0 Å². The average Bonchev–Trinajstić information content (AvgIpc) is 2.21. The predicted octanol–water partition coefficient (Wildman–Crippen LogP) is 1.03. The summed E-state index contributed by atoms with van der Waals surface area (Å²) in [5.74, 6) is 0.854. The Balaban J connectivity index is 2.19. The van der Waals surface area contributed by atoms with Gasteiger partial charge in [-0.3, -0.25) is 0 Å². The molecule has 90 valence electrons. The zero-order valence-corrected chi connectivity index (χ0v) is 10.4. The van der Waals surface area contributed by atoms with E-state index >= 15 is 0 Å². The number of rotatable bonds is 5. The summed E-state index contributed by atoms with van der Waals surface area (Å²) >= 11 is 0. The van der Waals surface area contributed by atoms with Crippen molar-refractivity contribution in [1.82, 2.24) is 9.80 Å². The fourth-order valence-corrected chi connectivity index (χ4v) is 2.15. The minimum absolute atomic E-state index is 0.302. The largest absolute Gasteiger partial charge is 0.395 e. The number of aliphatic hydroxyl groups excluding tert-OH is 1. The van der Waals surface area contributed by atoms with Crippen LogP contribution >= 0.6 is 0 Å². The molecule has 15 heavy (non-hydrogen) atoms. The highest BCUT2D eigenvalue weighted by atomic mass is 16.3. The van der Waals surface area contributed by atoms with Crippen molar-refractivity contribution in [1.29, 1.82) is 0 Å². The molecule has 1 aliphatic heterocycles. The first-order chi connectivity index (χ1) is 7.13. The first-order valence-corrected chi connectivity index (χ1v) is 6.17. The van der Waals surface area contributed by atoms with E-state index in [1.807, 2.05) is 0 Å². The topological polar surface area (TPSA) is 26.7 Å². The van der Waals surface area contributed by atoms with Crippen molar-refractivity contribution < 1.29 is 5.11 Å². The second kappa shape index (κ2) is 6.46. The maximum atomic E-state index is 8.85. The normalized spacial score (nSPS) is 20.4. The first kappa shape index (κ1) is 12.9. The molecule has 1 N–H and O–H groups in total. The van der Waals surface area contributed by atoms with Gasteiger partial charge >= 0.3 is 0 Å². The molecule has 0 atom stereocenters. The van der Waals surface area contributed by atoms with Crippen molar-refractivity contribution in [3.8, 4) is 0 Å². The van der Waals surface area contributed by atoms with Crippen molar-refractivity contribution in [2.24, 2.45) is 5.92 Å². The van der Waals surface area contributed by atoms with Gasteiger partial charge in [0.15, 0.2) is 0 Å². The summed E-state index contributed by atoms with van der Waals surface area (Å²) in [6.07, 6.45) is 2.58. The van der Waals surface area contributed by atoms with Crippen LogP contribution in [-0.4, -0.2) is 60.8 Å². The smallest absolute Gasteiger partial charge is 0.0558 e. The van der Waals surface area contributed by atoms with Crippen LogP contribution in [0.4, 0.5) is 0 Å².